The van der Waals surface area contributed by atoms with E-state index in [1.807, 2.05) is 6.92 Å². The number of rotatable bonds is 7. The molecule has 0 aromatic heterocycles. The average Bonchev–Trinajstić information content (AvgIpc) is 2.74. The monoisotopic (exact) mass is 425 g/mol. The van der Waals surface area contributed by atoms with Gasteiger partial charge in [-0.3, -0.25) is 9.59 Å². The minimum Gasteiger partial charge on any atom is -0.492 e. The number of carbonyl (C=O) groups excluding carboxylic acids is 2. The van der Waals surface area contributed by atoms with Crippen LogP contribution in [0, 0.1) is 17.1 Å². The molecule has 6 nitrogen and oxygen atoms in total. The molecule has 0 bridgehead atoms. The van der Waals surface area contributed by atoms with E-state index in [0.717, 1.165) is 11.8 Å². The fourth-order valence-corrected chi connectivity index (χ4v) is 4.01. The maximum absolute atomic E-state index is 14.2. The van der Waals surface area contributed by atoms with Crippen molar-refractivity contribution < 1.29 is 18.7 Å². The fourth-order valence-electron chi connectivity index (χ4n) is 3.13. The fraction of sp³-hybridized carbons (Fsp3) is 0.227. The van der Waals surface area contributed by atoms with Gasteiger partial charge in [-0.05, 0) is 30.7 Å². The van der Waals surface area contributed by atoms with Crippen molar-refractivity contribution in [1.29, 1.82) is 5.26 Å². The van der Waals surface area contributed by atoms with Crippen molar-refractivity contribution in [1.82, 2.24) is 5.32 Å². The quantitative estimate of drug-likeness (QED) is 0.701. The third-order valence-corrected chi connectivity index (χ3v) is 5.46. The molecule has 0 fully saturated rings. The number of nitrogens with one attached hydrogen (secondary N) is 2. The number of benzene rings is 2. The van der Waals surface area contributed by atoms with Crippen LogP contribution in [0.4, 0.5) is 10.1 Å². The highest BCUT2D eigenvalue weighted by Gasteiger charge is 2.31. The van der Waals surface area contributed by atoms with Gasteiger partial charge in [0.15, 0.2) is 0 Å². The van der Waals surface area contributed by atoms with E-state index in [0.29, 0.717) is 18.0 Å². The minimum absolute atomic E-state index is 0.0260. The van der Waals surface area contributed by atoms with Crippen LogP contribution in [0.2, 0.25) is 0 Å². The number of ether oxygens (including phenoxy) is 1. The van der Waals surface area contributed by atoms with Gasteiger partial charge in [-0.1, -0.05) is 42.1 Å². The van der Waals surface area contributed by atoms with E-state index < -0.39 is 11.7 Å². The molecule has 1 aliphatic heterocycles. The maximum atomic E-state index is 14.2. The molecule has 1 heterocycles. The molecule has 8 heteroatoms. The average molecular weight is 425 g/mol. The number of nitriles is 1. The predicted molar refractivity (Wildman–Crippen MR) is 113 cm³/mol. The van der Waals surface area contributed by atoms with Gasteiger partial charge in [0.05, 0.1) is 34.7 Å². The number of nitrogens with zero attached hydrogens (tertiary/aromatic N) is 1. The summed E-state index contributed by atoms with van der Waals surface area (Å²) in [5, 5.41) is 15.3. The molecule has 0 saturated heterocycles. The normalized spacial score (nSPS) is 15.9. The Morgan fingerprint density at radius 1 is 1.30 bits per heavy atom. The first-order valence-corrected chi connectivity index (χ1v) is 10.3. The van der Waals surface area contributed by atoms with Crippen LogP contribution in [-0.4, -0.2) is 24.2 Å². The second-order valence-corrected chi connectivity index (χ2v) is 7.43. The third kappa shape index (κ3) is 4.99. The van der Waals surface area contributed by atoms with Crippen LogP contribution < -0.4 is 15.4 Å². The van der Waals surface area contributed by atoms with Crippen LogP contribution in [0.25, 0.3) is 0 Å². The summed E-state index contributed by atoms with van der Waals surface area (Å²) in [6.45, 7) is 2.31. The summed E-state index contributed by atoms with van der Waals surface area (Å²) in [5.74, 6) is -1.29. The number of thioether (sulfide) groups is 1. The molecule has 2 aromatic rings. The van der Waals surface area contributed by atoms with Gasteiger partial charge in [-0.15, -0.1) is 0 Å². The smallest absolute Gasteiger partial charge is 0.234 e. The van der Waals surface area contributed by atoms with E-state index >= 15 is 0 Å². The van der Waals surface area contributed by atoms with Crippen molar-refractivity contribution in [2.45, 2.75) is 19.3 Å². The van der Waals surface area contributed by atoms with E-state index in [2.05, 4.69) is 16.7 Å². The van der Waals surface area contributed by atoms with Gasteiger partial charge in [0.1, 0.15) is 11.6 Å². The van der Waals surface area contributed by atoms with Crippen molar-refractivity contribution in [3.8, 4) is 11.8 Å². The highest BCUT2D eigenvalue weighted by atomic mass is 32.2. The van der Waals surface area contributed by atoms with Gasteiger partial charge in [0.25, 0.3) is 0 Å². The number of allylic oxidation sites excluding steroid dienone is 1. The lowest BCUT2D eigenvalue weighted by molar-refractivity contribution is -0.121. The molecular weight excluding hydrogens is 405 g/mol. The van der Waals surface area contributed by atoms with Crippen molar-refractivity contribution in [2.24, 2.45) is 0 Å². The standard InChI is InChI=1S/C22H20FN3O3S/c1-2-29-19-10-6-5-9-18(19)25-21(28)13-30-22-16(12-24)15(11-20(27)26-22)14-7-3-4-8-17(14)23/h3-10,15H,2,11,13H2,1H3,(H,25,28)(H,26,27)/t15-/m0/s1. The minimum atomic E-state index is -0.686. The van der Waals surface area contributed by atoms with Crippen LogP contribution in [-0.2, 0) is 9.59 Å². The number of halogens is 1. The molecule has 3 rings (SSSR count). The molecule has 0 radical (unpaired) electrons. The topological polar surface area (TPSA) is 91.2 Å². The summed E-state index contributed by atoms with van der Waals surface area (Å²) in [6.07, 6.45) is -0.0260. The van der Waals surface area contributed by atoms with Gasteiger partial charge in [0.2, 0.25) is 11.8 Å². The van der Waals surface area contributed by atoms with E-state index in [-0.39, 0.29) is 40.2 Å². The van der Waals surface area contributed by atoms with Crippen LogP contribution >= 0.6 is 11.8 Å². The molecule has 1 atom stereocenters. The Morgan fingerprint density at radius 2 is 2.03 bits per heavy atom. The molecule has 0 aliphatic carbocycles. The first-order valence-electron chi connectivity index (χ1n) is 9.36. The Kier molecular flexibility index (Phi) is 7.09. The predicted octanol–water partition coefficient (Wildman–Crippen LogP) is 3.93. The molecule has 154 valence electrons. The Balaban J connectivity index is 1.76. The summed E-state index contributed by atoms with van der Waals surface area (Å²) in [6, 6.07) is 15.2. The summed E-state index contributed by atoms with van der Waals surface area (Å²) < 4.78 is 19.7. The number of anilines is 1. The summed E-state index contributed by atoms with van der Waals surface area (Å²) in [4.78, 5) is 24.6. The molecule has 2 N–H and O–H groups in total. The van der Waals surface area contributed by atoms with Crippen molar-refractivity contribution in [3.63, 3.8) is 0 Å². The number of carbonyl (C=O) groups is 2. The first-order chi connectivity index (χ1) is 14.5. The number of hydrogen-bond acceptors (Lipinski definition) is 5. The van der Waals surface area contributed by atoms with E-state index in [1.54, 1.807) is 42.5 Å². The zero-order valence-corrected chi connectivity index (χ0v) is 17.1. The lowest BCUT2D eigenvalue weighted by Gasteiger charge is -2.25. The maximum Gasteiger partial charge on any atom is 0.234 e. The van der Waals surface area contributed by atoms with Crippen LogP contribution in [0.15, 0.2) is 59.1 Å². The summed E-state index contributed by atoms with van der Waals surface area (Å²) in [5.41, 5.74) is 1.07. The van der Waals surface area contributed by atoms with Crippen LogP contribution in [0.1, 0.15) is 24.8 Å². The third-order valence-electron chi connectivity index (χ3n) is 4.45. The highest BCUT2D eigenvalue weighted by molar-refractivity contribution is 8.03. The van der Waals surface area contributed by atoms with Gasteiger partial charge in [-0.2, -0.15) is 5.26 Å². The lowest BCUT2D eigenvalue weighted by atomic mass is 9.87. The SMILES string of the molecule is CCOc1ccccc1NC(=O)CSC1=C(C#N)[C@H](c2ccccc2F)CC(=O)N1. The second kappa shape index (κ2) is 9.94. The first kappa shape index (κ1) is 21.4. The Hall–Kier alpha value is -3.31. The summed E-state index contributed by atoms with van der Waals surface area (Å²) in [7, 11) is 0. The number of hydrogen-bond donors (Lipinski definition) is 2. The molecule has 0 unspecified atom stereocenters. The summed E-state index contributed by atoms with van der Waals surface area (Å²) >= 11 is 1.03. The second-order valence-electron chi connectivity index (χ2n) is 6.45. The van der Waals surface area contributed by atoms with Crippen molar-refractivity contribution in [3.05, 3.63) is 70.5 Å². The van der Waals surface area contributed by atoms with Gasteiger partial charge < -0.3 is 15.4 Å². The van der Waals surface area contributed by atoms with E-state index in [4.69, 9.17) is 4.74 Å². The molecule has 1 aliphatic rings. The molecule has 2 aromatic carbocycles. The van der Waals surface area contributed by atoms with Gasteiger partial charge in [-0.25, -0.2) is 4.39 Å². The van der Waals surface area contributed by atoms with Crippen molar-refractivity contribution >= 4 is 29.3 Å². The van der Waals surface area contributed by atoms with Crippen LogP contribution in [0.5, 0.6) is 5.75 Å². The molecule has 2 amide bonds. The number of para-hydroxylation sites is 2. The van der Waals surface area contributed by atoms with E-state index in [1.165, 1.54) is 6.07 Å². The number of amides is 2. The zero-order valence-electron chi connectivity index (χ0n) is 16.3. The zero-order chi connectivity index (χ0) is 21.5. The lowest BCUT2D eigenvalue weighted by Crippen LogP contribution is -2.31. The Bertz CT molecular complexity index is 1030. The molecular formula is C22H20FN3O3S. The Morgan fingerprint density at radius 3 is 2.77 bits per heavy atom. The molecule has 0 saturated carbocycles. The largest absolute Gasteiger partial charge is 0.492 e. The highest BCUT2D eigenvalue weighted by Crippen LogP contribution is 2.37. The van der Waals surface area contributed by atoms with Gasteiger partial charge >= 0.3 is 0 Å². The Labute approximate surface area is 178 Å². The van der Waals surface area contributed by atoms with Crippen LogP contribution in [0.3, 0.4) is 0 Å². The van der Waals surface area contributed by atoms with Crippen molar-refractivity contribution in [2.75, 3.05) is 17.7 Å². The van der Waals surface area contributed by atoms with E-state index in [9.17, 15) is 19.2 Å². The molecule has 0 spiro atoms. The van der Waals surface area contributed by atoms with Gasteiger partial charge in [0, 0.05) is 12.3 Å². The molecule has 30 heavy (non-hydrogen) atoms.